The van der Waals surface area contributed by atoms with Gasteiger partial charge < -0.3 is 4.74 Å². The van der Waals surface area contributed by atoms with Gasteiger partial charge in [0.1, 0.15) is 6.10 Å². The molecule has 80 valence electrons. The lowest BCUT2D eigenvalue weighted by atomic mass is 9.93. The van der Waals surface area contributed by atoms with Gasteiger partial charge in [0.2, 0.25) is 0 Å². The summed E-state index contributed by atoms with van der Waals surface area (Å²) in [5.74, 6) is 1.48. The Hall–Kier alpha value is -0.370. The van der Waals surface area contributed by atoms with Gasteiger partial charge in [-0.15, -0.1) is 0 Å². The molecule has 0 N–H and O–H groups in total. The van der Waals surface area contributed by atoms with E-state index in [2.05, 4.69) is 6.92 Å². The minimum atomic E-state index is -0.0735. The summed E-state index contributed by atoms with van der Waals surface area (Å²) in [6.07, 6.45) is 6.91. The molecule has 0 aromatic carbocycles. The smallest absolute Gasteiger partial charge is 0.162 e. The van der Waals surface area contributed by atoms with Crippen molar-refractivity contribution in [3.8, 4) is 0 Å². The van der Waals surface area contributed by atoms with Crippen molar-refractivity contribution in [1.29, 1.82) is 0 Å². The van der Waals surface area contributed by atoms with Gasteiger partial charge in [-0.1, -0.05) is 32.6 Å². The molecule has 1 saturated heterocycles. The van der Waals surface area contributed by atoms with Gasteiger partial charge >= 0.3 is 0 Å². The van der Waals surface area contributed by atoms with Crippen molar-refractivity contribution in [2.24, 2.45) is 11.8 Å². The van der Waals surface area contributed by atoms with Gasteiger partial charge in [-0.3, -0.25) is 4.79 Å². The first-order valence-corrected chi connectivity index (χ1v) is 5.91. The van der Waals surface area contributed by atoms with Gasteiger partial charge in [0, 0.05) is 13.0 Å². The average Bonchev–Trinajstić information content (AvgIpc) is 2.75. The molecule has 1 aliphatic heterocycles. The summed E-state index contributed by atoms with van der Waals surface area (Å²) in [7, 11) is 0. The zero-order valence-corrected chi connectivity index (χ0v) is 9.00. The van der Waals surface area contributed by atoms with Crippen LogP contribution in [0.2, 0.25) is 0 Å². The van der Waals surface area contributed by atoms with Crippen LogP contribution in [0.3, 0.4) is 0 Å². The first kappa shape index (κ1) is 10.2. The van der Waals surface area contributed by atoms with Crippen molar-refractivity contribution in [2.45, 2.75) is 51.6 Å². The van der Waals surface area contributed by atoms with Crippen LogP contribution >= 0.6 is 0 Å². The Balaban J connectivity index is 1.82. The van der Waals surface area contributed by atoms with Crippen LogP contribution in [0.1, 0.15) is 45.4 Å². The van der Waals surface area contributed by atoms with Crippen LogP contribution < -0.4 is 0 Å². The van der Waals surface area contributed by atoms with Crippen LogP contribution in [0.5, 0.6) is 0 Å². The fourth-order valence-electron chi connectivity index (χ4n) is 2.72. The highest BCUT2D eigenvalue weighted by molar-refractivity contribution is 5.83. The number of ketones is 1. The van der Waals surface area contributed by atoms with E-state index in [1.165, 1.54) is 25.7 Å². The number of carbonyl (C=O) groups excluding carboxylic acids is 1. The second-order valence-electron chi connectivity index (χ2n) is 4.88. The third-order valence-corrected chi connectivity index (χ3v) is 3.67. The molecular weight excluding hydrogens is 176 g/mol. The zero-order valence-electron chi connectivity index (χ0n) is 9.00. The Morgan fingerprint density at radius 2 is 2.00 bits per heavy atom. The van der Waals surface area contributed by atoms with E-state index in [1.807, 2.05) is 0 Å². The van der Waals surface area contributed by atoms with Gasteiger partial charge in [0.15, 0.2) is 5.78 Å². The molecular formula is C12H20O2. The van der Waals surface area contributed by atoms with Gasteiger partial charge in [0.05, 0.1) is 0 Å². The SMILES string of the molecule is CC1CCOC1C(=O)CC1CCCC1. The van der Waals surface area contributed by atoms with Crippen LogP contribution in [0.15, 0.2) is 0 Å². The molecule has 1 saturated carbocycles. The zero-order chi connectivity index (χ0) is 9.97. The first-order chi connectivity index (χ1) is 6.77. The van der Waals surface area contributed by atoms with Crippen molar-refractivity contribution in [3.05, 3.63) is 0 Å². The lowest BCUT2D eigenvalue weighted by Crippen LogP contribution is -2.26. The van der Waals surface area contributed by atoms with Crippen molar-refractivity contribution in [3.63, 3.8) is 0 Å². The molecule has 0 amide bonds. The van der Waals surface area contributed by atoms with Crippen molar-refractivity contribution in [1.82, 2.24) is 0 Å². The lowest BCUT2D eigenvalue weighted by molar-refractivity contribution is -0.130. The van der Waals surface area contributed by atoms with Gasteiger partial charge in [-0.2, -0.15) is 0 Å². The molecule has 0 bridgehead atoms. The quantitative estimate of drug-likeness (QED) is 0.693. The molecule has 2 heteroatoms. The monoisotopic (exact) mass is 196 g/mol. The third kappa shape index (κ3) is 2.17. The van der Waals surface area contributed by atoms with E-state index in [-0.39, 0.29) is 6.10 Å². The molecule has 0 radical (unpaired) electrons. The lowest BCUT2D eigenvalue weighted by Gasteiger charge is -2.15. The Kier molecular flexibility index (Phi) is 3.22. The van der Waals surface area contributed by atoms with Gasteiger partial charge in [-0.05, 0) is 18.3 Å². The number of hydrogen-bond acceptors (Lipinski definition) is 2. The predicted molar refractivity (Wildman–Crippen MR) is 55.1 cm³/mol. The minimum Gasteiger partial charge on any atom is -0.370 e. The predicted octanol–water partition coefficient (Wildman–Crippen LogP) is 2.56. The van der Waals surface area contributed by atoms with Crippen LogP contribution in [0, 0.1) is 11.8 Å². The van der Waals surface area contributed by atoms with Crippen LogP contribution in [-0.2, 0) is 9.53 Å². The van der Waals surface area contributed by atoms with E-state index in [4.69, 9.17) is 4.74 Å². The van der Waals surface area contributed by atoms with E-state index in [0.717, 1.165) is 19.4 Å². The third-order valence-electron chi connectivity index (χ3n) is 3.67. The molecule has 1 heterocycles. The number of ether oxygens (including phenoxy) is 1. The summed E-state index contributed by atoms with van der Waals surface area (Å²) >= 11 is 0. The maximum absolute atomic E-state index is 11.9. The fraction of sp³-hybridized carbons (Fsp3) is 0.917. The summed E-state index contributed by atoms with van der Waals surface area (Å²) in [6.45, 7) is 2.91. The van der Waals surface area contributed by atoms with Crippen LogP contribution in [0.4, 0.5) is 0 Å². The molecule has 2 unspecified atom stereocenters. The summed E-state index contributed by atoms with van der Waals surface area (Å²) in [6, 6.07) is 0. The first-order valence-electron chi connectivity index (χ1n) is 5.91. The summed E-state index contributed by atoms with van der Waals surface area (Å²) in [4.78, 5) is 11.9. The number of carbonyl (C=O) groups is 1. The second-order valence-corrected chi connectivity index (χ2v) is 4.88. The molecule has 2 aliphatic rings. The van der Waals surface area contributed by atoms with Crippen molar-refractivity contribution >= 4 is 5.78 Å². The molecule has 2 nitrogen and oxygen atoms in total. The molecule has 2 rings (SSSR count). The van der Waals surface area contributed by atoms with E-state index in [0.29, 0.717) is 17.6 Å². The van der Waals surface area contributed by atoms with Gasteiger partial charge in [0.25, 0.3) is 0 Å². The molecule has 0 spiro atoms. The highest BCUT2D eigenvalue weighted by Crippen LogP contribution is 2.30. The normalized spacial score (nSPS) is 33.8. The number of Topliss-reactive ketones (excluding diaryl/α,β-unsaturated/α-hetero) is 1. The Morgan fingerprint density at radius 3 is 2.57 bits per heavy atom. The topological polar surface area (TPSA) is 26.3 Å². The molecule has 2 fully saturated rings. The minimum absolute atomic E-state index is 0.0735. The Bertz CT molecular complexity index is 206. The second kappa shape index (κ2) is 4.43. The van der Waals surface area contributed by atoms with E-state index in [1.54, 1.807) is 0 Å². The molecule has 0 aromatic heterocycles. The van der Waals surface area contributed by atoms with Crippen LogP contribution in [0.25, 0.3) is 0 Å². The van der Waals surface area contributed by atoms with E-state index in [9.17, 15) is 4.79 Å². The van der Waals surface area contributed by atoms with E-state index >= 15 is 0 Å². The standard InChI is InChI=1S/C12H20O2/c1-9-6-7-14-12(9)11(13)8-10-4-2-3-5-10/h9-10,12H,2-8H2,1H3. The maximum Gasteiger partial charge on any atom is 0.162 e. The number of hydrogen-bond donors (Lipinski definition) is 0. The average molecular weight is 196 g/mol. The molecule has 1 aliphatic carbocycles. The largest absolute Gasteiger partial charge is 0.370 e. The molecule has 2 atom stereocenters. The highest BCUT2D eigenvalue weighted by atomic mass is 16.5. The molecule has 14 heavy (non-hydrogen) atoms. The molecule has 0 aromatic rings. The van der Waals surface area contributed by atoms with E-state index < -0.39 is 0 Å². The summed E-state index contributed by atoms with van der Waals surface area (Å²) in [5.41, 5.74) is 0. The summed E-state index contributed by atoms with van der Waals surface area (Å²) in [5, 5.41) is 0. The number of rotatable bonds is 3. The highest BCUT2D eigenvalue weighted by Gasteiger charge is 2.32. The van der Waals surface area contributed by atoms with Gasteiger partial charge in [-0.25, -0.2) is 0 Å². The maximum atomic E-state index is 11.9. The Labute approximate surface area is 86.0 Å². The van der Waals surface area contributed by atoms with Crippen molar-refractivity contribution in [2.75, 3.05) is 6.61 Å². The van der Waals surface area contributed by atoms with Crippen molar-refractivity contribution < 1.29 is 9.53 Å². The van der Waals surface area contributed by atoms with Crippen LogP contribution in [-0.4, -0.2) is 18.5 Å². The Morgan fingerprint density at radius 1 is 1.29 bits per heavy atom. The fourth-order valence-corrected chi connectivity index (χ4v) is 2.72. The summed E-state index contributed by atoms with van der Waals surface area (Å²) < 4.78 is 5.49.